The van der Waals surface area contributed by atoms with Crippen molar-refractivity contribution >= 4 is 29.8 Å². The number of phenolic OH excluding ortho intramolecular Hbond substituents is 1. The van der Waals surface area contributed by atoms with E-state index in [1.807, 2.05) is 79.7 Å². The fourth-order valence-corrected chi connectivity index (χ4v) is 3.12. The molecule has 3 nitrogen and oxygen atoms in total. The van der Waals surface area contributed by atoms with Gasteiger partial charge in [-0.15, -0.1) is 11.6 Å². The maximum Gasteiger partial charge on any atom is 0.197 e. The second-order valence-electron chi connectivity index (χ2n) is 7.13. The molecule has 0 saturated carbocycles. The molecule has 0 aliphatic heterocycles. The number of hydrogen-bond acceptors (Lipinski definition) is 3. The Hall–Kier alpha value is -3.27. The van der Waals surface area contributed by atoms with Gasteiger partial charge in [0.15, 0.2) is 6.29 Å². The lowest BCUT2D eigenvalue weighted by Gasteiger charge is -2.14. The molecule has 0 spiro atoms. The summed E-state index contributed by atoms with van der Waals surface area (Å²) in [5, 5.41) is 9.80. The van der Waals surface area contributed by atoms with E-state index in [0.717, 1.165) is 28.0 Å². The summed E-state index contributed by atoms with van der Waals surface area (Å²) in [7, 11) is 0. The summed E-state index contributed by atoms with van der Waals surface area (Å²) in [6, 6.07) is 25.1. The minimum atomic E-state index is -0.372. The molecule has 3 aromatic carbocycles. The summed E-state index contributed by atoms with van der Waals surface area (Å²) in [6.45, 7) is 2.29. The van der Waals surface area contributed by atoms with Gasteiger partial charge < -0.3 is 14.6 Å². The third-order valence-electron chi connectivity index (χ3n) is 4.53. The van der Waals surface area contributed by atoms with E-state index in [0.29, 0.717) is 12.5 Å². The summed E-state index contributed by atoms with van der Waals surface area (Å²) in [6.07, 6.45) is 9.84. The zero-order valence-electron chi connectivity index (χ0n) is 18.0. The SMILES string of the molecule is CC(OCCCl)Oc1cccc(C=CC(C=Cc2ccccc2)=Cc2cccc(O)c2)c1. The second kappa shape index (κ2) is 12.6. The minimum absolute atomic E-state index is 0.240. The molecule has 0 fully saturated rings. The van der Waals surface area contributed by atoms with Crippen LogP contribution in [0.25, 0.3) is 18.2 Å². The number of ether oxygens (including phenoxy) is 2. The van der Waals surface area contributed by atoms with Gasteiger partial charge in [0.2, 0.25) is 0 Å². The van der Waals surface area contributed by atoms with Gasteiger partial charge in [-0.1, -0.05) is 78.9 Å². The van der Waals surface area contributed by atoms with Gasteiger partial charge in [0.25, 0.3) is 0 Å². The highest BCUT2D eigenvalue weighted by Gasteiger charge is 2.03. The fourth-order valence-electron chi connectivity index (χ4n) is 3.04. The summed E-state index contributed by atoms with van der Waals surface area (Å²) in [4.78, 5) is 0. The Bertz CT molecular complexity index is 1070. The largest absolute Gasteiger partial charge is 0.508 e. The second-order valence-corrected chi connectivity index (χ2v) is 7.51. The van der Waals surface area contributed by atoms with Crippen molar-refractivity contribution in [3.63, 3.8) is 0 Å². The van der Waals surface area contributed by atoms with Crippen molar-refractivity contribution in [1.82, 2.24) is 0 Å². The number of alkyl halides is 1. The van der Waals surface area contributed by atoms with Gasteiger partial charge in [-0.3, -0.25) is 0 Å². The van der Waals surface area contributed by atoms with Crippen LogP contribution >= 0.6 is 11.6 Å². The minimum Gasteiger partial charge on any atom is -0.508 e. The van der Waals surface area contributed by atoms with E-state index < -0.39 is 0 Å². The van der Waals surface area contributed by atoms with Crippen molar-refractivity contribution < 1.29 is 14.6 Å². The zero-order chi connectivity index (χ0) is 22.6. The average Bonchev–Trinajstić information content (AvgIpc) is 2.80. The Morgan fingerprint density at radius 1 is 0.875 bits per heavy atom. The normalized spacial score (nSPS) is 13.0. The average molecular weight is 447 g/mol. The number of allylic oxidation sites excluding steroid dienone is 3. The third-order valence-corrected chi connectivity index (χ3v) is 4.68. The molecule has 32 heavy (non-hydrogen) atoms. The lowest BCUT2D eigenvalue weighted by molar-refractivity contribution is -0.0605. The van der Waals surface area contributed by atoms with Crippen molar-refractivity contribution in [3.8, 4) is 11.5 Å². The van der Waals surface area contributed by atoms with Crippen molar-refractivity contribution in [2.75, 3.05) is 12.5 Å². The van der Waals surface area contributed by atoms with Crippen molar-refractivity contribution in [2.45, 2.75) is 13.2 Å². The summed E-state index contributed by atoms with van der Waals surface area (Å²) in [5.41, 5.74) is 4.03. The zero-order valence-corrected chi connectivity index (χ0v) is 18.8. The standard InChI is InChI=1S/C28H27ClO3/c1-22(31-18-17-29)32-28-12-6-9-24(21-28)15-16-25(14-13-23-7-3-2-4-8-23)19-26-10-5-11-27(30)20-26/h2-16,19-22,30H,17-18H2,1H3. The summed E-state index contributed by atoms with van der Waals surface area (Å²) < 4.78 is 11.3. The van der Waals surface area contributed by atoms with Crippen LogP contribution in [0.1, 0.15) is 23.6 Å². The number of aromatic hydroxyl groups is 1. The van der Waals surface area contributed by atoms with Crippen LogP contribution in [0.3, 0.4) is 0 Å². The molecule has 0 amide bonds. The van der Waals surface area contributed by atoms with Crippen LogP contribution < -0.4 is 4.74 Å². The molecule has 3 aromatic rings. The molecule has 164 valence electrons. The molecule has 0 radical (unpaired) electrons. The van der Waals surface area contributed by atoms with E-state index in [9.17, 15) is 5.11 Å². The smallest absolute Gasteiger partial charge is 0.197 e. The van der Waals surface area contributed by atoms with E-state index in [1.54, 1.807) is 12.1 Å². The van der Waals surface area contributed by atoms with E-state index in [4.69, 9.17) is 21.1 Å². The Balaban J connectivity index is 1.81. The van der Waals surface area contributed by atoms with Crippen LogP contribution in [0.2, 0.25) is 0 Å². The predicted molar refractivity (Wildman–Crippen MR) is 134 cm³/mol. The van der Waals surface area contributed by atoms with Gasteiger partial charge in [0, 0.05) is 5.88 Å². The van der Waals surface area contributed by atoms with Gasteiger partial charge in [-0.05, 0) is 59.5 Å². The third kappa shape index (κ3) is 8.10. The first-order valence-corrected chi connectivity index (χ1v) is 11.0. The molecule has 0 heterocycles. The summed E-state index contributed by atoms with van der Waals surface area (Å²) >= 11 is 5.66. The quantitative estimate of drug-likeness (QED) is 0.203. The monoisotopic (exact) mass is 446 g/mol. The Kier molecular flexibility index (Phi) is 9.18. The van der Waals surface area contributed by atoms with Crippen LogP contribution in [-0.2, 0) is 4.74 Å². The molecule has 0 aliphatic rings. The van der Waals surface area contributed by atoms with Gasteiger partial charge >= 0.3 is 0 Å². The topological polar surface area (TPSA) is 38.7 Å². The molecule has 1 atom stereocenters. The molecule has 0 saturated heterocycles. The molecule has 0 aliphatic carbocycles. The maximum atomic E-state index is 9.80. The Morgan fingerprint density at radius 3 is 2.31 bits per heavy atom. The van der Waals surface area contributed by atoms with Crippen molar-refractivity contribution in [3.05, 3.63) is 113 Å². The first-order chi connectivity index (χ1) is 15.6. The predicted octanol–water partition coefficient (Wildman–Crippen LogP) is 7.18. The molecular weight excluding hydrogens is 420 g/mol. The number of hydrogen-bond donors (Lipinski definition) is 1. The van der Waals surface area contributed by atoms with Crippen LogP contribution in [0.4, 0.5) is 0 Å². The Morgan fingerprint density at radius 2 is 1.56 bits per heavy atom. The molecule has 4 heteroatoms. The maximum absolute atomic E-state index is 9.80. The molecular formula is C28H27ClO3. The van der Waals surface area contributed by atoms with Crippen molar-refractivity contribution in [2.24, 2.45) is 0 Å². The lowest BCUT2D eigenvalue weighted by atomic mass is 10.1. The van der Waals surface area contributed by atoms with E-state index in [-0.39, 0.29) is 12.0 Å². The highest BCUT2D eigenvalue weighted by molar-refractivity contribution is 6.17. The number of halogens is 1. The van der Waals surface area contributed by atoms with Gasteiger partial charge in [-0.2, -0.15) is 0 Å². The lowest BCUT2D eigenvalue weighted by Crippen LogP contribution is -2.17. The van der Waals surface area contributed by atoms with E-state index in [1.165, 1.54) is 0 Å². The fraction of sp³-hybridized carbons (Fsp3) is 0.143. The van der Waals surface area contributed by atoms with Gasteiger partial charge in [0.1, 0.15) is 11.5 Å². The number of rotatable bonds is 10. The van der Waals surface area contributed by atoms with Crippen LogP contribution in [0.15, 0.2) is 96.6 Å². The molecule has 0 bridgehead atoms. The molecule has 3 rings (SSSR count). The molecule has 0 aromatic heterocycles. The Labute approximate surface area is 194 Å². The van der Waals surface area contributed by atoms with Gasteiger partial charge in [0.05, 0.1) is 6.61 Å². The first kappa shape index (κ1) is 23.4. The highest BCUT2D eigenvalue weighted by atomic mass is 35.5. The number of phenols is 1. The molecule has 1 unspecified atom stereocenters. The van der Waals surface area contributed by atoms with Crippen LogP contribution in [0, 0.1) is 0 Å². The van der Waals surface area contributed by atoms with Crippen LogP contribution in [0.5, 0.6) is 11.5 Å². The van der Waals surface area contributed by atoms with Crippen molar-refractivity contribution in [1.29, 1.82) is 0 Å². The molecule has 1 N–H and O–H groups in total. The summed E-state index contributed by atoms with van der Waals surface area (Å²) in [5.74, 6) is 1.40. The van der Waals surface area contributed by atoms with Crippen LogP contribution in [-0.4, -0.2) is 23.9 Å². The van der Waals surface area contributed by atoms with E-state index in [2.05, 4.69) is 24.3 Å². The first-order valence-electron chi connectivity index (χ1n) is 10.5. The highest BCUT2D eigenvalue weighted by Crippen LogP contribution is 2.20. The van der Waals surface area contributed by atoms with Gasteiger partial charge in [-0.25, -0.2) is 0 Å². The van der Waals surface area contributed by atoms with E-state index >= 15 is 0 Å². The number of benzene rings is 3.